The highest BCUT2D eigenvalue weighted by Crippen LogP contribution is 1.81. The standard InChI is InChI=1S/C4H10O3.C4H6O2.2C3H4O2/c5-1-3-7-4-2-6;1-3(2)4(5)6;2*1-2-3(4)5/h5-6H,1-4H2;1H2,2H3,(H,5,6);2*2H,1H2,(H,4,5). The van der Waals surface area contributed by atoms with E-state index >= 15 is 0 Å². The number of carboxylic acids is 3. The molecule has 0 fully saturated rings. The third-order valence-electron chi connectivity index (χ3n) is 1.19. The molecule has 9 nitrogen and oxygen atoms in total. The molecule has 0 aliphatic rings. The largest absolute Gasteiger partial charge is 0.478 e. The summed E-state index contributed by atoms with van der Waals surface area (Å²) >= 11 is 0. The highest BCUT2D eigenvalue weighted by Gasteiger charge is 1.90. The van der Waals surface area contributed by atoms with Crippen molar-refractivity contribution in [2.45, 2.75) is 6.92 Å². The number of aliphatic hydroxyl groups is 2. The van der Waals surface area contributed by atoms with Crippen LogP contribution in [0.15, 0.2) is 37.5 Å². The highest BCUT2D eigenvalue weighted by atomic mass is 16.5. The normalized spacial score (nSPS) is 7.61. The molecule has 0 unspecified atom stereocenters. The van der Waals surface area contributed by atoms with E-state index in [-0.39, 0.29) is 18.8 Å². The van der Waals surface area contributed by atoms with Gasteiger partial charge in [0.2, 0.25) is 0 Å². The van der Waals surface area contributed by atoms with Crippen molar-refractivity contribution in [1.82, 2.24) is 0 Å². The number of ether oxygens (including phenoxy) is 1. The van der Waals surface area contributed by atoms with Crippen molar-refractivity contribution in [1.29, 1.82) is 0 Å². The van der Waals surface area contributed by atoms with Crippen LogP contribution in [0.1, 0.15) is 6.92 Å². The minimum Gasteiger partial charge on any atom is -0.478 e. The summed E-state index contributed by atoms with van der Waals surface area (Å²) in [6.07, 6.45) is 1.67. The van der Waals surface area contributed by atoms with Crippen molar-refractivity contribution < 1.29 is 44.7 Å². The van der Waals surface area contributed by atoms with Crippen LogP contribution in [0.2, 0.25) is 0 Å². The van der Waals surface area contributed by atoms with Gasteiger partial charge in [-0.05, 0) is 6.92 Å². The Hall–Kier alpha value is -2.49. The van der Waals surface area contributed by atoms with E-state index in [1.54, 1.807) is 0 Å². The van der Waals surface area contributed by atoms with Gasteiger partial charge in [-0.2, -0.15) is 0 Å². The molecule has 0 spiro atoms. The zero-order chi connectivity index (χ0) is 19.3. The van der Waals surface area contributed by atoms with Crippen LogP contribution in [0.5, 0.6) is 0 Å². The first-order chi connectivity index (χ1) is 10.6. The fraction of sp³-hybridized carbons (Fsp3) is 0.357. The van der Waals surface area contributed by atoms with Crippen LogP contribution in [0.4, 0.5) is 0 Å². The molecular formula is C14H24O9. The summed E-state index contributed by atoms with van der Waals surface area (Å²) in [5.74, 6) is -2.90. The average molecular weight is 336 g/mol. The predicted molar refractivity (Wildman–Crippen MR) is 83.1 cm³/mol. The molecule has 0 aliphatic heterocycles. The van der Waals surface area contributed by atoms with Gasteiger partial charge in [-0.25, -0.2) is 14.4 Å². The fourth-order valence-electron chi connectivity index (χ4n) is 0.231. The van der Waals surface area contributed by atoms with Gasteiger partial charge in [0.05, 0.1) is 26.4 Å². The van der Waals surface area contributed by atoms with Gasteiger partial charge in [0.1, 0.15) is 0 Å². The van der Waals surface area contributed by atoms with E-state index in [1.165, 1.54) is 6.92 Å². The first kappa shape index (κ1) is 28.6. The Kier molecular flexibility index (Phi) is 30.5. The maximum absolute atomic E-state index is 9.60. The maximum Gasteiger partial charge on any atom is 0.330 e. The third-order valence-corrected chi connectivity index (χ3v) is 1.19. The summed E-state index contributed by atoms with van der Waals surface area (Å²) in [7, 11) is 0. The Morgan fingerprint density at radius 2 is 1.13 bits per heavy atom. The number of rotatable bonds is 7. The fourth-order valence-corrected chi connectivity index (χ4v) is 0.231. The number of hydrogen-bond donors (Lipinski definition) is 5. The van der Waals surface area contributed by atoms with E-state index in [1.807, 2.05) is 0 Å². The predicted octanol–water partition coefficient (Wildman–Crippen LogP) is 0.149. The summed E-state index contributed by atoms with van der Waals surface area (Å²) < 4.78 is 4.63. The lowest BCUT2D eigenvalue weighted by Crippen LogP contribution is -2.03. The molecule has 0 saturated heterocycles. The number of carbonyl (C=O) groups is 3. The summed E-state index contributed by atoms with van der Waals surface area (Å²) in [6.45, 7) is 11.2. The van der Waals surface area contributed by atoms with Gasteiger partial charge in [-0.1, -0.05) is 19.7 Å². The van der Waals surface area contributed by atoms with Crippen molar-refractivity contribution >= 4 is 17.9 Å². The highest BCUT2D eigenvalue weighted by molar-refractivity contribution is 5.84. The van der Waals surface area contributed by atoms with Crippen LogP contribution < -0.4 is 0 Å². The van der Waals surface area contributed by atoms with Gasteiger partial charge in [0.25, 0.3) is 0 Å². The van der Waals surface area contributed by atoms with E-state index in [9.17, 15) is 14.4 Å². The molecule has 0 amide bonds. The summed E-state index contributed by atoms with van der Waals surface area (Å²) in [5.41, 5.74) is 0.176. The van der Waals surface area contributed by atoms with E-state index in [0.29, 0.717) is 13.2 Å². The lowest BCUT2D eigenvalue weighted by molar-refractivity contribution is -0.133. The van der Waals surface area contributed by atoms with E-state index in [2.05, 4.69) is 24.5 Å². The second-order valence-electron chi connectivity index (χ2n) is 3.23. The number of aliphatic carboxylic acids is 3. The monoisotopic (exact) mass is 336 g/mol. The Labute approximate surface area is 134 Å². The second kappa shape index (κ2) is 24.5. The van der Waals surface area contributed by atoms with Gasteiger partial charge in [-0.3, -0.25) is 0 Å². The molecule has 5 N–H and O–H groups in total. The molecule has 134 valence electrons. The minimum absolute atomic E-state index is 0.0278. The number of aliphatic hydroxyl groups excluding tert-OH is 2. The summed E-state index contributed by atoms with van der Waals surface area (Å²) in [4.78, 5) is 28.1. The minimum atomic E-state index is -0.981. The van der Waals surface area contributed by atoms with E-state index in [4.69, 9.17) is 25.5 Å². The molecule has 0 aromatic heterocycles. The Morgan fingerprint density at radius 1 is 0.913 bits per heavy atom. The quantitative estimate of drug-likeness (QED) is 0.322. The van der Waals surface area contributed by atoms with Crippen LogP contribution >= 0.6 is 0 Å². The SMILES string of the molecule is C=C(C)C(=O)O.C=CC(=O)O.C=CC(=O)O.OCCOCCO. The van der Waals surface area contributed by atoms with Crippen LogP contribution in [0.3, 0.4) is 0 Å². The van der Waals surface area contributed by atoms with Gasteiger partial charge >= 0.3 is 17.9 Å². The van der Waals surface area contributed by atoms with Crippen molar-refractivity contribution in [2.75, 3.05) is 26.4 Å². The maximum atomic E-state index is 9.60. The Balaban J connectivity index is -0.000000106. The summed E-state index contributed by atoms with van der Waals surface area (Å²) in [5, 5.41) is 39.3. The van der Waals surface area contributed by atoms with E-state index < -0.39 is 17.9 Å². The van der Waals surface area contributed by atoms with Gasteiger partial charge in [-0.15, -0.1) is 0 Å². The molecule has 0 bridgehead atoms. The third kappa shape index (κ3) is 66.1. The molecule has 0 heterocycles. The van der Waals surface area contributed by atoms with E-state index in [0.717, 1.165) is 12.2 Å². The topological polar surface area (TPSA) is 162 Å². The van der Waals surface area contributed by atoms with Gasteiger partial charge in [0.15, 0.2) is 0 Å². The van der Waals surface area contributed by atoms with Crippen molar-refractivity contribution in [3.63, 3.8) is 0 Å². The number of hydrogen-bond acceptors (Lipinski definition) is 6. The number of carboxylic acid groups (broad SMARTS) is 3. The zero-order valence-corrected chi connectivity index (χ0v) is 13.0. The van der Waals surface area contributed by atoms with Crippen LogP contribution in [-0.4, -0.2) is 69.9 Å². The molecule has 0 aliphatic carbocycles. The molecule has 0 rings (SSSR count). The van der Waals surface area contributed by atoms with Gasteiger partial charge < -0.3 is 30.3 Å². The van der Waals surface area contributed by atoms with Crippen molar-refractivity contribution in [2.24, 2.45) is 0 Å². The van der Waals surface area contributed by atoms with Gasteiger partial charge in [0, 0.05) is 17.7 Å². The summed E-state index contributed by atoms with van der Waals surface area (Å²) in [6, 6.07) is 0. The second-order valence-corrected chi connectivity index (χ2v) is 3.23. The molecule has 9 heteroatoms. The molecule has 0 radical (unpaired) electrons. The molecule has 23 heavy (non-hydrogen) atoms. The van der Waals surface area contributed by atoms with Crippen LogP contribution in [0.25, 0.3) is 0 Å². The van der Waals surface area contributed by atoms with Crippen LogP contribution in [-0.2, 0) is 19.1 Å². The molecule has 0 aromatic rings. The molecule has 0 saturated carbocycles. The Bertz CT molecular complexity index is 327. The zero-order valence-electron chi connectivity index (χ0n) is 13.0. The molecular weight excluding hydrogens is 312 g/mol. The smallest absolute Gasteiger partial charge is 0.330 e. The average Bonchev–Trinajstić information content (AvgIpc) is 2.49. The molecule has 0 atom stereocenters. The van der Waals surface area contributed by atoms with Crippen molar-refractivity contribution in [3.05, 3.63) is 37.5 Å². The molecule has 0 aromatic carbocycles. The van der Waals surface area contributed by atoms with Crippen LogP contribution in [0, 0.1) is 0 Å². The lowest BCUT2D eigenvalue weighted by atomic mass is 10.4. The van der Waals surface area contributed by atoms with Crippen molar-refractivity contribution in [3.8, 4) is 0 Å². The Morgan fingerprint density at radius 3 is 1.22 bits per heavy atom. The first-order valence-electron chi connectivity index (χ1n) is 5.99. The first-order valence-corrected chi connectivity index (χ1v) is 5.99. The lowest BCUT2D eigenvalue weighted by Gasteiger charge is -1.94.